The van der Waals surface area contributed by atoms with E-state index in [1.165, 1.54) is 5.56 Å². The van der Waals surface area contributed by atoms with Gasteiger partial charge in [0.15, 0.2) is 0 Å². The molecule has 0 spiro atoms. The van der Waals surface area contributed by atoms with E-state index in [1.807, 2.05) is 6.07 Å². The third-order valence-corrected chi connectivity index (χ3v) is 4.57. The number of piperidine rings is 1. The Kier molecular flexibility index (Phi) is 6.45. The molecule has 0 amide bonds. The van der Waals surface area contributed by atoms with Gasteiger partial charge in [0.05, 0.1) is 19.3 Å². The Bertz CT molecular complexity index is 409. The second-order valence-electron chi connectivity index (χ2n) is 5.10. The number of benzene rings is 1. The number of hydrogen-bond acceptors (Lipinski definition) is 4. The molecule has 0 radical (unpaired) electrons. The fourth-order valence-electron chi connectivity index (χ4n) is 2.79. The number of aliphatic hydroxyl groups is 1. The lowest BCUT2D eigenvalue weighted by Gasteiger charge is -2.37. The van der Waals surface area contributed by atoms with E-state index in [0.717, 1.165) is 30.4 Å². The third-order valence-electron chi connectivity index (χ3n) is 3.85. The summed E-state index contributed by atoms with van der Waals surface area (Å²) >= 11 is 3.62. The Labute approximate surface area is 129 Å². The minimum absolute atomic E-state index is 0.0998. The van der Waals surface area contributed by atoms with Gasteiger partial charge in [-0.05, 0) is 24.5 Å². The standard InChI is InChI=1S/C15H23BrN2O2/c16-14-4-2-1-3-13(14)15(11-17)18-7-5-12(6-8-18)20-10-9-19/h1-4,12,15,19H,5-11,17H2. The van der Waals surface area contributed by atoms with E-state index in [4.69, 9.17) is 15.6 Å². The SMILES string of the molecule is NCC(c1ccccc1Br)N1CCC(OCCO)CC1. The molecule has 0 aliphatic carbocycles. The predicted molar refractivity (Wildman–Crippen MR) is 83.6 cm³/mol. The summed E-state index contributed by atoms with van der Waals surface area (Å²) < 4.78 is 6.73. The van der Waals surface area contributed by atoms with Crippen molar-refractivity contribution in [3.05, 3.63) is 34.3 Å². The molecular weight excluding hydrogens is 320 g/mol. The molecule has 0 bridgehead atoms. The molecule has 3 N–H and O–H groups in total. The van der Waals surface area contributed by atoms with Gasteiger partial charge >= 0.3 is 0 Å². The summed E-state index contributed by atoms with van der Waals surface area (Å²) in [6.07, 6.45) is 2.28. The highest BCUT2D eigenvalue weighted by molar-refractivity contribution is 9.10. The Hall–Kier alpha value is -0.460. The molecule has 20 heavy (non-hydrogen) atoms. The quantitative estimate of drug-likeness (QED) is 0.829. The zero-order chi connectivity index (χ0) is 14.4. The van der Waals surface area contributed by atoms with Crippen molar-refractivity contribution >= 4 is 15.9 Å². The summed E-state index contributed by atoms with van der Waals surface area (Å²) in [5.74, 6) is 0. The minimum atomic E-state index is 0.0998. The average molecular weight is 343 g/mol. The molecule has 112 valence electrons. The molecule has 1 aliphatic heterocycles. The van der Waals surface area contributed by atoms with Crippen molar-refractivity contribution in [3.8, 4) is 0 Å². The predicted octanol–water partition coefficient (Wildman–Crippen LogP) is 1.92. The summed E-state index contributed by atoms with van der Waals surface area (Å²) in [5.41, 5.74) is 7.25. The Balaban J connectivity index is 1.95. The Morgan fingerprint density at radius 1 is 1.35 bits per heavy atom. The molecule has 4 nitrogen and oxygen atoms in total. The van der Waals surface area contributed by atoms with Crippen LogP contribution in [0.15, 0.2) is 28.7 Å². The maximum atomic E-state index is 8.80. The Morgan fingerprint density at radius 2 is 2.05 bits per heavy atom. The van der Waals surface area contributed by atoms with Crippen LogP contribution in [0.25, 0.3) is 0 Å². The number of ether oxygens (including phenoxy) is 1. The van der Waals surface area contributed by atoms with Gasteiger partial charge < -0.3 is 15.6 Å². The number of rotatable bonds is 6. The van der Waals surface area contributed by atoms with Crippen molar-refractivity contribution in [1.29, 1.82) is 0 Å². The Morgan fingerprint density at radius 3 is 2.65 bits per heavy atom. The number of hydrogen-bond donors (Lipinski definition) is 2. The van der Waals surface area contributed by atoms with Crippen LogP contribution in [0.1, 0.15) is 24.4 Å². The molecule has 1 aromatic carbocycles. The van der Waals surface area contributed by atoms with Crippen molar-refractivity contribution in [2.75, 3.05) is 32.8 Å². The molecular formula is C15H23BrN2O2. The smallest absolute Gasteiger partial charge is 0.0701 e. The van der Waals surface area contributed by atoms with Crippen LogP contribution in [0.4, 0.5) is 0 Å². The number of aliphatic hydroxyl groups excluding tert-OH is 1. The van der Waals surface area contributed by atoms with Crippen LogP contribution in [0, 0.1) is 0 Å². The van der Waals surface area contributed by atoms with Gasteiger partial charge in [0.25, 0.3) is 0 Å². The van der Waals surface area contributed by atoms with E-state index in [2.05, 4.69) is 39.0 Å². The highest BCUT2D eigenvalue weighted by Crippen LogP contribution is 2.29. The van der Waals surface area contributed by atoms with Gasteiger partial charge in [0.2, 0.25) is 0 Å². The number of nitrogens with zero attached hydrogens (tertiary/aromatic N) is 1. The van der Waals surface area contributed by atoms with E-state index in [9.17, 15) is 0 Å². The van der Waals surface area contributed by atoms with Crippen LogP contribution < -0.4 is 5.73 Å². The maximum absolute atomic E-state index is 8.80. The highest BCUT2D eigenvalue weighted by Gasteiger charge is 2.26. The van der Waals surface area contributed by atoms with Gasteiger partial charge in [-0.15, -0.1) is 0 Å². The average Bonchev–Trinajstić information content (AvgIpc) is 2.49. The lowest BCUT2D eigenvalue weighted by atomic mass is 10.0. The van der Waals surface area contributed by atoms with Gasteiger partial charge in [-0.25, -0.2) is 0 Å². The minimum Gasteiger partial charge on any atom is -0.394 e. The van der Waals surface area contributed by atoms with Crippen LogP contribution in [0.3, 0.4) is 0 Å². The zero-order valence-corrected chi connectivity index (χ0v) is 13.3. The number of likely N-dealkylation sites (tertiary alicyclic amines) is 1. The summed E-state index contributed by atoms with van der Waals surface area (Å²) in [6.45, 7) is 3.13. The molecule has 2 rings (SSSR count). The molecule has 0 saturated carbocycles. The fourth-order valence-corrected chi connectivity index (χ4v) is 3.34. The second-order valence-corrected chi connectivity index (χ2v) is 5.96. The number of halogens is 1. The van der Waals surface area contributed by atoms with Crippen molar-refractivity contribution in [3.63, 3.8) is 0 Å². The third kappa shape index (κ3) is 4.02. The summed E-state index contributed by atoms with van der Waals surface area (Å²) in [6, 6.07) is 8.53. The topological polar surface area (TPSA) is 58.7 Å². The molecule has 5 heteroatoms. The first-order chi connectivity index (χ1) is 9.76. The summed E-state index contributed by atoms with van der Waals surface area (Å²) in [7, 11) is 0. The van der Waals surface area contributed by atoms with Crippen LogP contribution in [-0.2, 0) is 4.74 Å². The first-order valence-corrected chi connectivity index (χ1v) is 7.96. The molecule has 1 unspecified atom stereocenters. The monoisotopic (exact) mass is 342 g/mol. The molecule has 1 saturated heterocycles. The fraction of sp³-hybridized carbons (Fsp3) is 0.600. The molecule has 1 fully saturated rings. The molecule has 1 atom stereocenters. The van der Waals surface area contributed by atoms with Crippen molar-refractivity contribution in [2.24, 2.45) is 5.73 Å². The van der Waals surface area contributed by atoms with Crippen LogP contribution >= 0.6 is 15.9 Å². The molecule has 1 aromatic rings. The van der Waals surface area contributed by atoms with E-state index in [1.54, 1.807) is 0 Å². The second kappa shape index (κ2) is 8.10. The number of nitrogens with two attached hydrogens (primary N) is 1. The zero-order valence-electron chi connectivity index (χ0n) is 11.7. The van der Waals surface area contributed by atoms with E-state index < -0.39 is 0 Å². The van der Waals surface area contributed by atoms with Gasteiger partial charge in [0.1, 0.15) is 0 Å². The normalized spacial score (nSPS) is 19.1. The largest absolute Gasteiger partial charge is 0.394 e. The van der Waals surface area contributed by atoms with Crippen LogP contribution in [0.5, 0.6) is 0 Å². The summed E-state index contributed by atoms with van der Waals surface area (Å²) in [5, 5.41) is 8.80. The first-order valence-electron chi connectivity index (χ1n) is 7.17. The van der Waals surface area contributed by atoms with Gasteiger partial charge in [-0.3, -0.25) is 4.90 Å². The van der Waals surface area contributed by atoms with Crippen LogP contribution in [-0.4, -0.2) is 49.0 Å². The molecule has 1 aliphatic rings. The van der Waals surface area contributed by atoms with Crippen molar-refractivity contribution in [1.82, 2.24) is 4.90 Å². The van der Waals surface area contributed by atoms with Gasteiger partial charge in [0, 0.05) is 30.1 Å². The van der Waals surface area contributed by atoms with Gasteiger partial charge in [-0.1, -0.05) is 34.1 Å². The van der Waals surface area contributed by atoms with Gasteiger partial charge in [-0.2, -0.15) is 0 Å². The van der Waals surface area contributed by atoms with E-state index in [-0.39, 0.29) is 18.8 Å². The lowest BCUT2D eigenvalue weighted by Crippen LogP contribution is -2.42. The highest BCUT2D eigenvalue weighted by atomic mass is 79.9. The summed E-state index contributed by atoms with van der Waals surface area (Å²) in [4.78, 5) is 2.43. The lowest BCUT2D eigenvalue weighted by molar-refractivity contribution is -0.0149. The first kappa shape index (κ1) is 15.9. The van der Waals surface area contributed by atoms with E-state index in [0.29, 0.717) is 13.2 Å². The van der Waals surface area contributed by atoms with Crippen molar-refractivity contribution < 1.29 is 9.84 Å². The molecule has 1 heterocycles. The maximum Gasteiger partial charge on any atom is 0.0701 e. The van der Waals surface area contributed by atoms with E-state index >= 15 is 0 Å². The molecule has 0 aromatic heterocycles. The van der Waals surface area contributed by atoms with Crippen molar-refractivity contribution in [2.45, 2.75) is 25.0 Å². The van der Waals surface area contributed by atoms with Crippen LogP contribution in [0.2, 0.25) is 0 Å².